The average Bonchev–Trinajstić information content (AvgIpc) is 2.45. The van der Waals surface area contributed by atoms with Crippen LogP contribution < -0.4 is 10.2 Å². The van der Waals surface area contributed by atoms with Crippen LogP contribution >= 0.6 is 0 Å². The van der Waals surface area contributed by atoms with Crippen LogP contribution in [0.4, 0.5) is 16.2 Å². The lowest BCUT2D eigenvalue weighted by molar-refractivity contribution is 0.168. The first kappa shape index (κ1) is 15.8. The summed E-state index contributed by atoms with van der Waals surface area (Å²) >= 11 is 0. The summed E-state index contributed by atoms with van der Waals surface area (Å²) in [5.74, 6) is 0.860. The zero-order valence-electron chi connectivity index (χ0n) is 12.4. The zero-order valence-corrected chi connectivity index (χ0v) is 12.4. The van der Waals surface area contributed by atoms with E-state index in [1.54, 1.807) is 14.0 Å². The molecule has 5 heteroatoms. The van der Waals surface area contributed by atoms with E-state index >= 15 is 0 Å². The molecule has 0 spiro atoms. The minimum Gasteiger partial charge on any atom is -0.450 e. The lowest BCUT2D eigenvalue weighted by atomic mass is 10.2. The van der Waals surface area contributed by atoms with Gasteiger partial charge in [0.1, 0.15) is 5.84 Å². The number of nitrogens with one attached hydrogen (secondary N) is 1. The van der Waals surface area contributed by atoms with Crippen molar-refractivity contribution in [2.45, 2.75) is 13.8 Å². The standard InChI is InChI=1S/C15H21N3O2/c1-5-7-14(16-3)18(4)13-10-8-12(9-11-13)17-15(19)20-6-2/h5,7-11H,6H2,1-4H3,(H,17,19)/b7-5+,16-14?. The number of hydrogen-bond acceptors (Lipinski definition) is 3. The summed E-state index contributed by atoms with van der Waals surface area (Å²) in [7, 11) is 3.69. The van der Waals surface area contributed by atoms with Crippen LogP contribution in [0.3, 0.4) is 0 Å². The van der Waals surface area contributed by atoms with E-state index in [9.17, 15) is 4.79 Å². The maximum atomic E-state index is 11.3. The molecule has 0 aliphatic carbocycles. The number of amidine groups is 1. The van der Waals surface area contributed by atoms with Gasteiger partial charge in [-0.25, -0.2) is 4.79 Å². The topological polar surface area (TPSA) is 53.9 Å². The van der Waals surface area contributed by atoms with Crippen molar-refractivity contribution in [3.8, 4) is 0 Å². The predicted octanol–water partition coefficient (Wildman–Crippen LogP) is 3.30. The molecule has 0 bridgehead atoms. The molecule has 0 saturated carbocycles. The highest BCUT2D eigenvalue weighted by Gasteiger charge is 2.06. The van der Waals surface area contributed by atoms with Crippen LogP contribution in [-0.4, -0.2) is 32.6 Å². The second kappa shape index (κ2) is 7.99. The van der Waals surface area contributed by atoms with E-state index < -0.39 is 6.09 Å². The molecule has 0 aliphatic rings. The van der Waals surface area contributed by atoms with E-state index in [1.165, 1.54) is 0 Å². The van der Waals surface area contributed by atoms with Crippen LogP contribution in [0.15, 0.2) is 41.4 Å². The van der Waals surface area contributed by atoms with Crippen molar-refractivity contribution in [3.63, 3.8) is 0 Å². The number of aliphatic imine (C=N–C) groups is 1. The molecular formula is C15H21N3O2. The molecule has 1 N–H and O–H groups in total. The average molecular weight is 275 g/mol. The van der Waals surface area contributed by atoms with Gasteiger partial charge in [-0.3, -0.25) is 10.3 Å². The minimum absolute atomic E-state index is 0.354. The number of nitrogens with zero attached hydrogens (tertiary/aromatic N) is 2. The van der Waals surface area contributed by atoms with Crippen molar-refractivity contribution in [2.75, 3.05) is 30.9 Å². The molecule has 0 fully saturated rings. The molecule has 0 aliphatic heterocycles. The number of hydrogen-bond donors (Lipinski definition) is 1. The van der Waals surface area contributed by atoms with Gasteiger partial charge >= 0.3 is 6.09 Å². The molecule has 1 aromatic rings. The van der Waals surface area contributed by atoms with Crippen LogP contribution in [0.1, 0.15) is 13.8 Å². The third kappa shape index (κ3) is 4.42. The first-order valence-electron chi connectivity index (χ1n) is 6.49. The van der Waals surface area contributed by atoms with E-state index in [-0.39, 0.29) is 0 Å². The number of allylic oxidation sites excluding steroid dienone is 1. The normalized spacial score (nSPS) is 11.5. The van der Waals surface area contributed by atoms with Gasteiger partial charge in [-0.1, -0.05) is 6.08 Å². The van der Waals surface area contributed by atoms with Crippen molar-refractivity contribution in [1.29, 1.82) is 0 Å². The summed E-state index contributed by atoms with van der Waals surface area (Å²) < 4.78 is 4.82. The zero-order chi connectivity index (χ0) is 15.0. The molecule has 0 unspecified atom stereocenters. The molecule has 0 heterocycles. The quantitative estimate of drug-likeness (QED) is 0.677. The lowest BCUT2D eigenvalue weighted by Gasteiger charge is -2.19. The Hall–Kier alpha value is -2.30. The Morgan fingerprint density at radius 1 is 1.40 bits per heavy atom. The molecule has 1 aromatic carbocycles. The molecule has 1 rings (SSSR count). The lowest BCUT2D eigenvalue weighted by Crippen LogP contribution is -2.24. The van der Waals surface area contributed by atoms with Gasteiger partial charge in [0, 0.05) is 25.5 Å². The third-order valence-corrected chi connectivity index (χ3v) is 2.66. The Bertz CT molecular complexity index is 492. The molecular weight excluding hydrogens is 254 g/mol. The van der Waals surface area contributed by atoms with Gasteiger partial charge in [-0.05, 0) is 44.2 Å². The Morgan fingerprint density at radius 2 is 2.05 bits per heavy atom. The van der Waals surface area contributed by atoms with Crippen molar-refractivity contribution in [3.05, 3.63) is 36.4 Å². The summed E-state index contributed by atoms with van der Waals surface area (Å²) in [6.45, 7) is 4.07. The Kier molecular flexibility index (Phi) is 6.29. The Balaban J connectivity index is 2.78. The summed E-state index contributed by atoms with van der Waals surface area (Å²) in [5.41, 5.74) is 1.68. The molecule has 108 valence electrons. The van der Waals surface area contributed by atoms with Gasteiger partial charge in [0.2, 0.25) is 0 Å². The third-order valence-electron chi connectivity index (χ3n) is 2.66. The largest absolute Gasteiger partial charge is 0.450 e. The Morgan fingerprint density at radius 3 is 2.55 bits per heavy atom. The number of carbonyl (C=O) groups is 1. The molecule has 0 saturated heterocycles. The smallest absolute Gasteiger partial charge is 0.411 e. The summed E-state index contributed by atoms with van der Waals surface area (Å²) in [4.78, 5) is 17.5. The van der Waals surface area contributed by atoms with Gasteiger partial charge in [0.15, 0.2) is 0 Å². The highest BCUT2D eigenvalue weighted by Crippen LogP contribution is 2.17. The molecule has 0 radical (unpaired) electrons. The van der Waals surface area contributed by atoms with Crippen LogP contribution in [0, 0.1) is 0 Å². The van der Waals surface area contributed by atoms with Crippen molar-refractivity contribution >= 4 is 23.3 Å². The van der Waals surface area contributed by atoms with Gasteiger partial charge in [-0.15, -0.1) is 0 Å². The number of anilines is 2. The number of carbonyl (C=O) groups excluding carboxylic acids is 1. The van der Waals surface area contributed by atoms with Crippen LogP contribution in [-0.2, 0) is 4.74 Å². The molecule has 0 atom stereocenters. The predicted molar refractivity (Wildman–Crippen MR) is 83.7 cm³/mol. The summed E-state index contributed by atoms with van der Waals surface area (Å²) in [5, 5.41) is 2.65. The molecule has 20 heavy (non-hydrogen) atoms. The van der Waals surface area contributed by atoms with Crippen molar-refractivity contribution < 1.29 is 9.53 Å². The van der Waals surface area contributed by atoms with Crippen LogP contribution in [0.25, 0.3) is 0 Å². The maximum absolute atomic E-state index is 11.3. The van der Waals surface area contributed by atoms with Gasteiger partial charge < -0.3 is 9.64 Å². The van der Waals surface area contributed by atoms with Gasteiger partial charge in [0.05, 0.1) is 6.61 Å². The first-order valence-corrected chi connectivity index (χ1v) is 6.49. The highest BCUT2D eigenvalue weighted by atomic mass is 16.5. The van der Waals surface area contributed by atoms with E-state index in [4.69, 9.17) is 4.74 Å². The second-order valence-corrected chi connectivity index (χ2v) is 4.03. The minimum atomic E-state index is -0.446. The summed E-state index contributed by atoms with van der Waals surface area (Å²) in [6.07, 6.45) is 3.43. The maximum Gasteiger partial charge on any atom is 0.411 e. The number of benzene rings is 1. The Labute approximate surface area is 120 Å². The highest BCUT2D eigenvalue weighted by molar-refractivity contribution is 6.05. The fourth-order valence-electron chi connectivity index (χ4n) is 1.67. The van der Waals surface area contributed by atoms with E-state index in [0.717, 1.165) is 11.5 Å². The fourth-order valence-corrected chi connectivity index (χ4v) is 1.67. The summed E-state index contributed by atoms with van der Waals surface area (Å²) in [6, 6.07) is 7.48. The number of likely N-dealkylation sites (N-methyl/N-ethyl adjacent to an activating group) is 1. The van der Waals surface area contributed by atoms with Gasteiger partial charge in [0.25, 0.3) is 0 Å². The monoisotopic (exact) mass is 275 g/mol. The number of ether oxygens (including phenoxy) is 1. The van der Waals surface area contributed by atoms with Crippen LogP contribution in [0.2, 0.25) is 0 Å². The molecule has 0 aromatic heterocycles. The van der Waals surface area contributed by atoms with Gasteiger partial charge in [-0.2, -0.15) is 0 Å². The van der Waals surface area contributed by atoms with Crippen molar-refractivity contribution in [1.82, 2.24) is 0 Å². The number of rotatable bonds is 4. The van der Waals surface area contributed by atoms with E-state index in [0.29, 0.717) is 12.3 Å². The van der Waals surface area contributed by atoms with E-state index in [1.807, 2.05) is 55.3 Å². The first-order chi connectivity index (χ1) is 9.62. The van der Waals surface area contributed by atoms with Crippen LogP contribution in [0.5, 0.6) is 0 Å². The molecule has 5 nitrogen and oxygen atoms in total. The van der Waals surface area contributed by atoms with E-state index in [2.05, 4.69) is 10.3 Å². The SMILES string of the molecule is C/C=C/C(=NC)N(C)c1ccc(NC(=O)OCC)cc1. The number of amides is 1. The molecule has 1 amide bonds. The fraction of sp³-hybridized carbons (Fsp3) is 0.333. The second-order valence-electron chi connectivity index (χ2n) is 4.03. The van der Waals surface area contributed by atoms with Crippen molar-refractivity contribution in [2.24, 2.45) is 4.99 Å².